The maximum Gasteiger partial charge on any atom is 0.263 e. The normalized spacial score (nSPS) is 18.1. The van der Waals surface area contributed by atoms with Gasteiger partial charge < -0.3 is 4.80 Å². The molecule has 23 heavy (non-hydrogen) atoms. The Bertz CT molecular complexity index is 684. The molecule has 0 fully saturated rings. The van der Waals surface area contributed by atoms with E-state index in [2.05, 4.69) is 63.3 Å². The van der Waals surface area contributed by atoms with Gasteiger partial charge in [0.25, 0.3) is 8.32 Å². The van der Waals surface area contributed by atoms with Crippen LogP contribution in [0.4, 0.5) is 0 Å². The summed E-state index contributed by atoms with van der Waals surface area (Å²) in [6.45, 7) is 6.66. The summed E-state index contributed by atoms with van der Waals surface area (Å²) >= 11 is 0. The van der Waals surface area contributed by atoms with Gasteiger partial charge in [-0.2, -0.15) is 0 Å². The number of hydrogen-bond acceptors (Lipinski definition) is 1. The van der Waals surface area contributed by atoms with E-state index in [-0.39, 0.29) is 11.0 Å². The molecule has 0 amide bonds. The molecule has 0 bridgehead atoms. The van der Waals surface area contributed by atoms with Crippen LogP contribution in [-0.4, -0.2) is 13.1 Å². The molecule has 0 saturated carbocycles. The molecule has 2 aromatic rings. The summed E-state index contributed by atoms with van der Waals surface area (Å²) in [5.41, 5.74) is 1.48. The zero-order valence-electron chi connectivity index (χ0n) is 14.0. The predicted molar refractivity (Wildman–Crippen MR) is 101 cm³/mol. The van der Waals surface area contributed by atoms with Crippen molar-refractivity contribution in [1.29, 1.82) is 0 Å². The standard InChI is InChI=1S/C21H24OSi/c1-21(2,3)17-14-15-20(16-17)23(22,18-10-6-4-7-11-18)19-12-8-5-9-13-19/h4-16,20,22H,1-3H3. The van der Waals surface area contributed by atoms with Crippen LogP contribution in [-0.2, 0) is 0 Å². The van der Waals surface area contributed by atoms with Crippen LogP contribution in [0.5, 0.6) is 0 Å². The molecule has 0 radical (unpaired) electrons. The Labute approximate surface area is 140 Å². The van der Waals surface area contributed by atoms with E-state index in [0.717, 1.165) is 10.4 Å². The van der Waals surface area contributed by atoms with Crippen LogP contribution in [0.15, 0.2) is 84.5 Å². The summed E-state index contributed by atoms with van der Waals surface area (Å²) in [5.74, 6) is 0. The van der Waals surface area contributed by atoms with Crippen molar-refractivity contribution in [3.63, 3.8) is 0 Å². The number of benzene rings is 2. The van der Waals surface area contributed by atoms with Crippen molar-refractivity contribution >= 4 is 18.7 Å². The summed E-state index contributed by atoms with van der Waals surface area (Å²) < 4.78 is 0. The minimum atomic E-state index is -2.85. The largest absolute Gasteiger partial charge is 0.423 e. The molecule has 1 N–H and O–H groups in total. The lowest BCUT2D eigenvalue weighted by Crippen LogP contribution is -2.61. The topological polar surface area (TPSA) is 20.2 Å². The molecule has 0 saturated heterocycles. The van der Waals surface area contributed by atoms with Crippen LogP contribution < -0.4 is 10.4 Å². The monoisotopic (exact) mass is 320 g/mol. The van der Waals surface area contributed by atoms with Crippen LogP contribution >= 0.6 is 0 Å². The Balaban J connectivity index is 2.12. The van der Waals surface area contributed by atoms with E-state index in [0.29, 0.717) is 0 Å². The average molecular weight is 321 g/mol. The molecule has 1 aliphatic carbocycles. The van der Waals surface area contributed by atoms with Gasteiger partial charge in [0, 0.05) is 5.54 Å². The van der Waals surface area contributed by atoms with Gasteiger partial charge in [-0.25, -0.2) is 0 Å². The average Bonchev–Trinajstić information content (AvgIpc) is 3.06. The van der Waals surface area contributed by atoms with E-state index in [9.17, 15) is 4.80 Å². The molecule has 3 rings (SSSR count). The van der Waals surface area contributed by atoms with Crippen molar-refractivity contribution in [1.82, 2.24) is 0 Å². The summed E-state index contributed by atoms with van der Waals surface area (Å²) in [6.07, 6.45) is 6.65. The quantitative estimate of drug-likeness (QED) is 0.856. The molecule has 1 unspecified atom stereocenters. The Hall–Kier alpha value is -1.90. The second kappa shape index (κ2) is 5.95. The molecule has 2 aromatic carbocycles. The Morgan fingerprint density at radius 2 is 1.30 bits per heavy atom. The van der Waals surface area contributed by atoms with E-state index in [1.807, 2.05) is 36.4 Å². The maximum absolute atomic E-state index is 11.9. The molecular formula is C21H24OSi. The van der Waals surface area contributed by atoms with Gasteiger partial charge >= 0.3 is 0 Å². The first-order valence-corrected chi connectivity index (χ1v) is 10.2. The number of rotatable bonds is 3. The molecule has 2 heteroatoms. The molecule has 0 aliphatic heterocycles. The highest BCUT2D eigenvalue weighted by molar-refractivity contribution is 6.98. The fourth-order valence-electron chi connectivity index (χ4n) is 3.21. The van der Waals surface area contributed by atoms with Gasteiger partial charge in [0.2, 0.25) is 0 Å². The van der Waals surface area contributed by atoms with E-state index in [1.54, 1.807) is 0 Å². The highest BCUT2D eigenvalue weighted by Crippen LogP contribution is 2.37. The zero-order chi connectivity index (χ0) is 16.5. The fraction of sp³-hybridized carbons (Fsp3) is 0.238. The minimum Gasteiger partial charge on any atom is -0.423 e. The second-order valence-corrected chi connectivity index (χ2v) is 10.6. The fourth-order valence-corrected chi connectivity index (χ4v) is 6.51. The lowest BCUT2D eigenvalue weighted by molar-refractivity contribution is 0.517. The molecule has 118 valence electrons. The number of hydrogen-bond donors (Lipinski definition) is 1. The third kappa shape index (κ3) is 2.97. The van der Waals surface area contributed by atoms with Crippen molar-refractivity contribution < 1.29 is 4.80 Å². The molecule has 1 aliphatic rings. The first kappa shape index (κ1) is 16.0. The summed E-state index contributed by atoms with van der Waals surface area (Å²) in [4.78, 5) is 11.9. The van der Waals surface area contributed by atoms with Crippen molar-refractivity contribution in [2.45, 2.75) is 26.3 Å². The lowest BCUT2D eigenvalue weighted by Gasteiger charge is -2.30. The van der Waals surface area contributed by atoms with Gasteiger partial charge in [0.1, 0.15) is 0 Å². The summed E-state index contributed by atoms with van der Waals surface area (Å²) in [5, 5.41) is 2.12. The van der Waals surface area contributed by atoms with Gasteiger partial charge in [-0.15, -0.1) is 0 Å². The first-order valence-electron chi connectivity index (χ1n) is 8.16. The number of allylic oxidation sites excluding steroid dienone is 4. The lowest BCUT2D eigenvalue weighted by atomic mass is 9.87. The molecule has 0 spiro atoms. The van der Waals surface area contributed by atoms with Crippen molar-refractivity contribution in [3.8, 4) is 0 Å². The van der Waals surface area contributed by atoms with Gasteiger partial charge in [-0.05, 0) is 21.4 Å². The smallest absolute Gasteiger partial charge is 0.263 e. The first-order chi connectivity index (χ1) is 10.9. The van der Waals surface area contributed by atoms with Crippen LogP contribution in [0.3, 0.4) is 0 Å². The second-order valence-electron chi connectivity index (χ2n) is 7.26. The Morgan fingerprint density at radius 3 is 1.70 bits per heavy atom. The molecular weight excluding hydrogens is 296 g/mol. The van der Waals surface area contributed by atoms with Crippen molar-refractivity contribution in [2.75, 3.05) is 0 Å². The summed E-state index contributed by atoms with van der Waals surface area (Å²) in [6, 6.07) is 20.3. The van der Waals surface area contributed by atoms with Gasteiger partial charge in [0.15, 0.2) is 0 Å². The van der Waals surface area contributed by atoms with Gasteiger partial charge in [-0.1, -0.05) is 99.7 Å². The third-order valence-corrected chi connectivity index (χ3v) is 8.37. The van der Waals surface area contributed by atoms with Gasteiger partial charge in [0.05, 0.1) is 0 Å². The minimum absolute atomic E-state index is 0.0709. The SMILES string of the molecule is CC(C)(C)C1=CC([Si](O)(c2ccccc2)c2ccccc2)C=C1. The van der Waals surface area contributed by atoms with E-state index in [1.165, 1.54) is 5.57 Å². The van der Waals surface area contributed by atoms with Crippen LogP contribution in [0, 0.1) is 5.41 Å². The maximum atomic E-state index is 11.9. The molecule has 1 nitrogen and oxygen atoms in total. The van der Waals surface area contributed by atoms with Gasteiger partial charge in [-0.3, -0.25) is 0 Å². The van der Waals surface area contributed by atoms with Crippen LogP contribution in [0.1, 0.15) is 20.8 Å². The zero-order valence-corrected chi connectivity index (χ0v) is 15.0. The van der Waals surface area contributed by atoms with Crippen LogP contribution in [0.25, 0.3) is 0 Å². The van der Waals surface area contributed by atoms with Crippen LogP contribution in [0.2, 0.25) is 5.54 Å². The highest BCUT2D eigenvalue weighted by Gasteiger charge is 2.43. The molecule has 0 aromatic heterocycles. The Morgan fingerprint density at radius 1 is 0.826 bits per heavy atom. The van der Waals surface area contributed by atoms with E-state index in [4.69, 9.17) is 0 Å². The predicted octanol–water partition coefficient (Wildman–Crippen LogP) is 3.65. The van der Waals surface area contributed by atoms with E-state index < -0.39 is 8.32 Å². The summed E-state index contributed by atoms with van der Waals surface area (Å²) in [7, 11) is -2.85. The molecule has 0 heterocycles. The molecule has 1 atom stereocenters. The van der Waals surface area contributed by atoms with E-state index >= 15 is 0 Å². The third-order valence-electron chi connectivity index (χ3n) is 4.62. The Kier molecular flexibility index (Phi) is 4.13. The highest BCUT2D eigenvalue weighted by atomic mass is 28.4. The van der Waals surface area contributed by atoms with Crippen molar-refractivity contribution in [2.24, 2.45) is 5.41 Å². The van der Waals surface area contributed by atoms with Crippen molar-refractivity contribution in [3.05, 3.63) is 84.5 Å².